The van der Waals surface area contributed by atoms with Crippen LogP contribution in [0.1, 0.15) is 37.8 Å². The van der Waals surface area contributed by atoms with Gasteiger partial charge in [0.1, 0.15) is 0 Å². The Morgan fingerprint density at radius 1 is 1.32 bits per heavy atom. The van der Waals surface area contributed by atoms with Crippen LogP contribution in [0.3, 0.4) is 0 Å². The summed E-state index contributed by atoms with van der Waals surface area (Å²) in [6.45, 7) is 3.29. The van der Waals surface area contributed by atoms with Crippen LogP contribution in [0.25, 0.3) is 0 Å². The van der Waals surface area contributed by atoms with Crippen LogP contribution in [-0.2, 0) is 0 Å². The normalized spacial score (nSPS) is 18.5. The molecule has 1 aromatic carbocycles. The predicted molar refractivity (Wildman–Crippen MR) is 87.5 cm³/mol. The van der Waals surface area contributed by atoms with Crippen LogP contribution >= 0.6 is 35.0 Å². The molecule has 1 fully saturated rings. The van der Waals surface area contributed by atoms with E-state index < -0.39 is 0 Å². The molecule has 0 aromatic heterocycles. The monoisotopic (exact) mass is 317 g/mol. The molecule has 0 spiro atoms. The molecule has 1 N–H and O–H groups in total. The lowest BCUT2D eigenvalue weighted by Crippen LogP contribution is -2.29. The first-order valence-corrected chi connectivity index (χ1v) is 8.87. The van der Waals surface area contributed by atoms with Gasteiger partial charge in [0.15, 0.2) is 0 Å². The lowest BCUT2D eigenvalue weighted by atomic mass is 10.00. The fourth-order valence-corrected chi connectivity index (χ4v) is 4.26. The highest BCUT2D eigenvalue weighted by Gasteiger charge is 2.17. The van der Waals surface area contributed by atoms with Crippen molar-refractivity contribution in [1.82, 2.24) is 5.32 Å². The summed E-state index contributed by atoms with van der Waals surface area (Å²) in [5.41, 5.74) is 1.17. The molecule has 1 nitrogen and oxygen atoms in total. The van der Waals surface area contributed by atoms with Crippen LogP contribution in [-0.4, -0.2) is 18.1 Å². The minimum Gasteiger partial charge on any atom is -0.310 e. The second-order valence-electron chi connectivity index (χ2n) is 5.09. The van der Waals surface area contributed by atoms with E-state index in [1.807, 2.05) is 18.2 Å². The molecule has 1 heterocycles. The van der Waals surface area contributed by atoms with Crippen molar-refractivity contribution in [3.05, 3.63) is 33.8 Å². The third-order valence-corrected chi connectivity index (χ3v) is 5.35. The molecule has 0 saturated carbocycles. The summed E-state index contributed by atoms with van der Waals surface area (Å²) in [4.78, 5) is 0. The first kappa shape index (κ1) is 15.5. The zero-order valence-electron chi connectivity index (χ0n) is 11.3. The Morgan fingerprint density at radius 3 is 2.68 bits per heavy atom. The van der Waals surface area contributed by atoms with Crippen molar-refractivity contribution in [3.63, 3.8) is 0 Å². The first-order chi connectivity index (χ1) is 9.20. The summed E-state index contributed by atoms with van der Waals surface area (Å²) in [6.07, 6.45) is 3.72. The lowest BCUT2D eigenvalue weighted by Gasteiger charge is -2.25. The second-order valence-corrected chi connectivity index (χ2v) is 7.16. The number of rotatable bonds is 5. The maximum atomic E-state index is 6.30. The highest BCUT2D eigenvalue weighted by molar-refractivity contribution is 7.99. The molecule has 1 unspecified atom stereocenters. The van der Waals surface area contributed by atoms with Crippen LogP contribution in [0.5, 0.6) is 0 Å². The van der Waals surface area contributed by atoms with Gasteiger partial charge in [0.25, 0.3) is 0 Å². The molecule has 0 aliphatic carbocycles. The van der Waals surface area contributed by atoms with Crippen molar-refractivity contribution in [1.29, 1.82) is 0 Å². The van der Waals surface area contributed by atoms with Crippen molar-refractivity contribution >= 4 is 35.0 Å². The Hall–Kier alpha value is 0.110. The summed E-state index contributed by atoms with van der Waals surface area (Å²) < 4.78 is 0. The standard InChI is InChI=1S/C15H21Cl2NS/c1-2-15(13-4-3-12(16)9-14(13)17)18-10-11-5-7-19-8-6-11/h3-4,9,11,15,18H,2,5-8,10H2,1H3. The fourth-order valence-electron chi connectivity index (χ4n) is 2.52. The van der Waals surface area contributed by atoms with Gasteiger partial charge >= 0.3 is 0 Å². The van der Waals surface area contributed by atoms with E-state index in [1.165, 1.54) is 29.9 Å². The van der Waals surface area contributed by atoms with Crippen LogP contribution in [0.4, 0.5) is 0 Å². The molecule has 1 aliphatic heterocycles. The molecule has 0 amide bonds. The van der Waals surface area contributed by atoms with Crippen molar-refractivity contribution in [2.45, 2.75) is 32.2 Å². The highest BCUT2D eigenvalue weighted by atomic mass is 35.5. The number of thioether (sulfide) groups is 1. The van der Waals surface area contributed by atoms with Gasteiger partial charge in [-0.05, 0) is 60.9 Å². The highest BCUT2D eigenvalue weighted by Crippen LogP contribution is 2.29. The zero-order chi connectivity index (χ0) is 13.7. The van der Waals surface area contributed by atoms with Crippen molar-refractivity contribution < 1.29 is 0 Å². The molecule has 1 aliphatic rings. The number of nitrogens with one attached hydrogen (secondary N) is 1. The van der Waals surface area contributed by atoms with Gasteiger partial charge in [-0.2, -0.15) is 11.8 Å². The van der Waals surface area contributed by atoms with Gasteiger partial charge < -0.3 is 5.32 Å². The Bertz CT molecular complexity index is 405. The first-order valence-electron chi connectivity index (χ1n) is 6.96. The lowest BCUT2D eigenvalue weighted by molar-refractivity contribution is 0.405. The summed E-state index contributed by atoms with van der Waals surface area (Å²) in [5.74, 6) is 3.44. The summed E-state index contributed by atoms with van der Waals surface area (Å²) in [6, 6.07) is 6.13. The quantitative estimate of drug-likeness (QED) is 0.803. The van der Waals surface area contributed by atoms with E-state index in [2.05, 4.69) is 24.0 Å². The predicted octanol–water partition coefficient (Wildman–Crippen LogP) is 5.18. The second kappa shape index (κ2) is 7.78. The molecule has 106 valence electrons. The molecule has 4 heteroatoms. The van der Waals surface area contributed by atoms with Gasteiger partial charge in [-0.3, -0.25) is 0 Å². The Kier molecular flexibility index (Phi) is 6.34. The maximum Gasteiger partial charge on any atom is 0.0468 e. The Balaban J connectivity index is 1.95. The molecular formula is C15H21Cl2NS. The van der Waals surface area contributed by atoms with Gasteiger partial charge in [0.2, 0.25) is 0 Å². The van der Waals surface area contributed by atoms with E-state index in [1.54, 1.807) is 0 Å². The molecular weight excluding hydrogens is 297 g/mol. The molecule has 19 heavy (non-hydrogen) atoms. The summed E-state index contributed by atoms with van der Waals surface area (Å²) in [7, 11) is 0. The molecule has 0 bridgehead atoms. The minimum absolute atomic E-state index is 0.333. The van der Waals surface area contributed by atoms with Gasteiger partial charge in [0.05, 0.1) is 0 Å². The van der Waals surface area contributed by atoms with E-state index in [9.17, 15) is 0 Å². The van der Waals surface area contributed by atoms with E-state index in [4.69, 9.17) is 23.2 Å². The average molecular weight is 318 g/mol. The van der Waals surface area contributed by atoms with Gasteiger partial charge in [-0.25, -0.2) is 0 Å². The third kappa shape index (κ3) is 4.56. The van der Waals surface area contributed by atoms with Crippen molar-refractivity contribution in [3.8, 4) is 0 Å². The average Bonchev–Trinajstić information content (AvgIpc) is 2.42. The minimum atomic E-state index is 0.333. The van der Waals surface area contributed by atoms with E-state index in [-0.39, 0.29) is 0 Å². The number of benzene rings is 1. The smallest absolute Gasteiger partial charge is 0.0468 e. The van der Waals surface area contributed by atoms with E-state index >= 15 is 0 Å². The van der Waals surface area contributed by atoms with Crippen LogP contribution in [0.15, 0.2) is 18.2 Å². The zero-order valence-corrected chi connectivity index (χ0v) is 13.6. The van der Waals surface area contributed by atoms with E-state index in [0.717, 1.165) is 23.9 Å². The summed E-state index contributed by atoms with van der Waals surface area (Å²) in [5, 5.41) is 5.15. The van der Waals surface area contributed by atoms with Crippen LogP contribution < -0.4 is 5.32 Å². The number of halogens is 2. The molecule has 1 atom stereocenters. The van der Waals surface area contributed by atoms with Crippen LogP contribution in [0.2, 0.25) is 10.0 Å². The van der Waals surface area contributed by atoms with Gasteiger partial charge in [-0.1, -0.05) is 36.2 Å². The molecule has 1 saturated heterocycles. The SMILES string of the molecule is CCC(NCC1CCSCC1)c1ccc(Cl)cc1Cl. The number of hydrogen-bond donors (Lipinski definition) is 1. The van der Waals surface area contributed by atoms with Crippen molar-refractivity contribution in [2.75, 3.05) is 18.1 Å². The van der Waals surface area contributed by atoms with Crippen molar-refractivity contribution in [2.24, 2.45) is 5.92 Å². The molecule has 0 radical (unpaired) electrons. The van der Waals surface area contributed by atoms with Gasteiger partial charge in [0, 0.05) is 16.1 Å². The largest absolute Gasteiger partial charge is 0.310 e. The number of hydrogen-bond acceptors (Lipinski definition) is 2. The third-order valence-electron chi connectivity index (χ3n) is 3.74. The molecule has 1 aromatic rings. The van der Waals surface area contributed by atoms with E-state index in [0.29, 0.717) is 11.1 Å². The van der Waals surface area contributed by atoms with Crippen LogP contribution in [0, 0.1) is 5.92 Å². The Labute approximate surface area is 130 Å². The van der Waals surface area contributed by atoms with Gasteiger partial charge in [-0.15, -0.1) is 0 Å². The topological polar surface area (TPSA) is 12.0 Å². The fraction of sp³-hybridized carbons (Fsp3) is 0.600. The molecule has 2 rings (SSSR count). The maximum absolute atomic E-state index is 6.30. The summed E-state index contributed by atoms with van der Waals surface area (Å²) >= 11 is 14.3. The Morgan fingerprint density at radius 2 is 2.05 bits per heavy atom.